The number of aryl methyl sites for hydroxylation is 1. The van der Waals surface area contributed by atoms with E-state index in [9.17, 15) is 4.79 Å². The average molecular weight is 307 g/mol. The molecule has 0 aromatic heterocycles. The molecule has 0 saturated heterocycles. The number of benzene rings is 2. The van der Waals surface area contributed by atoms with Crippen LogP contribution in [0, 0.1) is 6.92 Å². The molecule has 2 aromatic rings. The first-order valence-corrected chi connectivity index (χ1v) is 7.51. The van der Waals surface area contributed by atoms with Crippen molar-refractivity contribution >= 4 is 23.4 Å². The minimum atomic E-state index is -0.180. The number of hydrogen-bond donors (Lipinski definition) is 2. The van der Waals surface area contributed by atoms with Crippen LogP contribution >= 0.6 is 0 Å². The van der Waals surface area contributed by atoms with Crippen molar-refractivity contribution in [3.8, 4) is 0 Å². The van der Waals surface area contributed by atoms with Crippen LogP contribution in [0.3, 0.4) is 0 Å². The molecule has 0 aliphatic heterocycles. The molecule has 2 aromatic carbocycles. The molecular formula is C19H21N3O. The summed E-state index contributed by atoms with van der Waals surface area (Å²) in [4.78, 5) is 11.8. The summed E-state index contributed by atoms with van der Waals surface area (Å²) >= 11 is 0. The summed E-state index contributed by atoms with van der Waals surface area (Å²) in [5, 5.41) is 7.16. The van der Waals surface area contributed by atoms with Crippen LogP contribution in [0.2, 0.25) is 0 Å². The van der Waals surface area contributed by atoms with E-state index in [0.29, 0.717) is 0 Å². The number of allylic oxidation sites excluding steroid dienone is 1. The summed E-state index contributed by atoms with van der Waals surface area (Å²) < 4.78 is 0. The third-order valence-electron chi connectivity index (χ3n) is 3.26. The van der Waals surface area contributed by atoms with E-state index in [1.54, 1.807) is 0 Å². The van der Waals surface area contributed by atoms with E-state index in [4.69, 9.17) is 0 Å². The van der Waals surface area contributed by atoms with Gasteiger partial charge in [-0.15, -0.1) is 0 Å². The maximum atomic E-state index is 11.8. The predicted octanol–water partition coefficient (Wildman–Crippen LogP) is 3.61. The lowest BCUT2D eigenvalue weighted by atomic mass is 10.2. The van der Waals surface area contributed by atoms with Crippen molar-refractivity contribution in [2.24, 2.45) is 5.10 Å². The van der Waals surface area contributed by atoms with Crippen LogP contribution < -0.4 is 10.7 Å². The van der Waals surface area contributed by atoms with Crippen molar-refractivity contribution in [1.82, 2.24) is 5.43 Å². The number of carbonyl (C=O) groups excluding carboxylic acids is 1. The van der Waals surface area contributed by atoms with Crippen LogP contribution in [-0.4, -0.2) is 18.2 Å². The summed E-state index contributed by atoms with van der Waals surface area (Å²) in [7, 11) is 0. The van der Waals surface area contributed by atoms with Crippen LogP contribution in [0.1, 0.15) is 18.1 Å². The number of carbonyl (C=O) groups is 1. The lowest BCUT2D eigenvalue weighted by Crippen LogP contribution is -2.26. The molecule has 23 heavy (non-hydrogen) atoms. The smallest absolute Gasteiger partial charge is 0.259 e. The number of hydrazone groups is 1. The van der Waals surface area contributed by atoms with Gasteiger partial charge in [0.05, 0.1) is 12.3 Å². The first-order chi connectivity index (χ1) is 11.1. The number of anilines is 1. The van der Waals surface area contributed by atoms with Gasteiger partial charge < -0.3 is 5.32 Å². The van der Waals surface area contributed by atoms with Crippen molar-refractivity contribution < 1.29 is 4.79 Å². The molecule has 4 heteroatoms. The Bertz CT molecular complexity index is 706. The van der Waals surface area contributed by atoms with Gasteiger partial charge >= 0.3 is 0 Å². The molecule has 1 amide bonds. The first-order valence-electron chi connectivity index (χ1n) is 7.51. The predicted molar refractivity (Wildman–Crippen MR) is 96.4 cm³/mol. The van der Waals surface area contributed by atoms with Gasteiger partial charge in [0, 0.05) is 5.69 Å². The fourth-order valence-corrected chi connectivity index (χ4v) is 1.96. The molecule has 118 valence electrons. The molecule has 0 saturated carbocycles. The Labute approximate surface area is 136 Å². The van der Waals surface area contributed by atoms with Crippen LogP contribution in [0.5, 0.6) is 0 Å². The highest BCUT2D eigenvalue weighted by Gasteiger charge is 2.01. The zero-order valence-corrected chi connectivity index (χ0v) is 13.4. The largest absolute Gasteiger partial charge is 0.376 e. The van der Waals surface area contributed by atoms with Crippen LogP contribution in [-0.2, 0) is 4.79 Å². The van der Waals surface area contributed by atoms with Crippen molar-refractivity contribution in [3.63, 3.8) is 0 Å². The molecule has 2 N–H and O–H groups in total. The number of para-hydroxylation sites is 1. The molecule has 0 aliphatic rings. The van der Waals surface area contributed by atoms with E-state index < -0.39 is 0 Å². The molecule has 0 atom stereocenters. The highest BCUT2D eigenvalue weighted by atomic mass is 16.2. The second-order valence-electron chi connectivity index (χ2n) is 5.20. The maximum Gasteiger partial charge on any atom is 0.259 e. The number of rotatable bonds is 6. The SMILES string of the molecule is CC(/C=C\c1ccccc1)=N/NC(=O)CNc1ccccc1C. The molecule has 0 heterocycles. The van der Waals surface area contributed by atoms with Crippen molar-refractivity contribution in [1.29, 1.82) is 0 Å². The summed E-state index contributed by atoms with van der Waals surface area (Å²) in [5.41, 5.74) is 6.42. The first kappa shape index (κ1) is 16.5. The molecular weight excluding hydrogens is 286 g/mol. The van der Waals surface area contributed by atoms with E-state index in [-0.39, 0.29) is 12.5 Å². The van der Waals surface area contributed by atoms with Crippen molar-refractivity contribution in [2.45, 2.75) is 13.8 Å². The Balaban J connectivity index is 1.81. The molecule has 0 unspecified atom stereocenters. The number of amides is 1. The quantitative estimate of drug-likeness (QED) is 0.632. The Morgan fingerprint density at radius 1 is 1.09 bits per heavy atom. The fraction of sp³-hybridized carbons (Fsp3) is 0.158. The van der Waals surface area contributed by atoms with Gasteiger partial charge in [-0.2, -0.15) is 5.10 Å². The van der Waals surface area contributed by atoms with Gasteiger partial charge in [0.15, 0.2) is 0 Å². The minimum absolute atomic E-state index is 0.180. The van der Waals surface area contributed by atoms with Gasteiger partial charge in [-0.25, -0.2) is 5.43 Å². The summed E-state index contributed by atoms with van der Waals surface area (Å²) in [6, 6.07) is 17.8. The van der Waals surface area contributed by atoms with E-state index in [2.05, 4.69) is 15.8 Å². The normalized spacial score (nSPS) is 11.5. The highest BCUT2D eigenvalue weighted by molar-refractivity contribution is 5.97. The lowest BCUT2D eigenvalue weighted by Gasteiger charge is -2.08. The topological polar surface area (TPSA) is 53.5 Å². The third kappa shape index (κ3) is 5.79. The molecule has 0 bridgehead atoms. The van der Waals surface area contributed by atoms with Gasteiger partial charge in [0.2, 0.25) is 0 Å². The maximum absolute atomic E-state index is 11.8. The molecule has 4 nitrogen and oxygen atoms in total. The van der Waals surface area contributed by atoms with Crippen molar-refractivity contribution in [2.75, 3.05) is 11.9 Å². The third-order valence-corrected chi connectivity index (χ3v) is 3.26. The standard InChI is InChI=1S/C19H21N3O/c1-15-8-6-7-11-18(15)20-14-19(23)22-21-16(2)12-13-17-9-4-3-5-10-17/h3-13,20H,14H2,1-2H3,(H,22,23)/b13-12-,21-16-. The van der Waals surface area contributed by atoms with Crippen LogP contribution in [0.25, 0.3) is 6.08 Å². The van der Waals surface area contributed by atoms with Gasteiger partial charge in [-0.1, -0.05) is 54.6 Å². The molecule has 0 spiro atoms. The monoisotopic (exact) mass is 307 g/mol. The molecule has 0 aliphatic carbocycles. The Hall–Kier alpha value is -2.88. The zero-order chi connectivity index (χ0) is 16.5. The average Bonchev–Trinajstić information content (AvgIpc) is 2.58. The van der Waals surface area contributed by atoms with Gasteiger partial charge in [0.1, 0.15) is 0 Å². The molecule has 0 fully saturated rings. The second-order valence-corrected chi connectivity index (χ2v) is 5.20. The fourth-order valence-electron chi connectivity index (χ4n) is 1.96. The van der Waals surface area contributed by atoms with Crippen molar-refractivity contribution in [3.05, 3.63) is 71.8 Å². The Morgan fingerprint density at radius 2 is 1.78 bits per heavy atom. The number of hydrogen-bond acceptors (Lipinski definition) is 3. The van der Waals surface area contributed by atoms with E-state index in [1.165, 1.54) is 0 Å². The van der Waals surface area contributed by atoms with Crippen LogP contribution in [0.4, 0.5) is 5.69 Å². The number of nitrogens with zero attached hydrogens (tertiary/aromatic N) is 1. The van der Waals surface area contributed by atoms with Gasteiger partial charge in [-0.3, -0.25) is 4.79 Å². The summed E-state index contributed by atoms with van der Waals surface area (Å²) in [6.45, 7) is 4.02. The van der Waals surface area contributed by atoms with E-state index in [1.807, 2.05) is 80.6 Å². The zero-order valence-electron chi connectivity index (χ0n) is 13.4. The van der Waals surface area contributed by atoms with Gasteiger partial charge in [-0.05, 0) is 37.1 Å². The lowest BCUT2D eigenvalue weighted by molar-refractivity contribution is -0.119. The van der Waals surface area contributed by atoms with Gasteiger partial charge in [0.25, 0.3) is 5.91 Å². The Morgan fingerprint density at radius 3 is 2.52 bits per heavy atom. The summed E-state index contributed by atoms with van der Waals surface area (Å²) in [6.07, 6.45) is 3.82. The number of nitrogens with one attached hydrogen (secondary N) is 2. The minimum Gasteiger partial charge on any atom is -0.376 e. The highest BCUT2D eigenvalue weighted by Crippen LogP contribution is 2.12. The van der Waals surface area contributed by atoms with E-state index >= 15 is 0 Å². The second kappa shape index (κ2) is 8.54. The van der Waals surface area contributed by atoms with E-state index in [0.717, 1.165) is 22.5 Å². The molecule has 0 radical (unpaired) electrons. The van der Waals surface area contributed by atoms with Crippen LogP contribution in [0.15, 0.2) is 65.8 Å². The summed E-state index contributed by atoms with van der Waals surface area (Å²) in [5.74, 6) is -0.180. The Kier molecular flexibility index (Phi) is 6.12. The molecule has 2 rings (SSSR count).